The van der Waals surface area contributed by atoms with Gasteiger partial charge in [-0.15, -0.1) is 0 Å². The van der Waals surface area contributed by atoms with Gasteiger partial charge >= 0.3 is 0 Å². The number of halogens is 1. The van der Waals surface area contributed by atoms with Crippen molar-refractivity contribution in [1.82, 2.24) is 20.3 Å². The van der Waals surface area contributed by atoms with Gasteiger partial charge in [0.2, 0.25) is 0 Å². The highest BCUT2D eigenvalue weighted by molar-refractivity contribution is 14.1. The van der Waals surface area contributed by atoms with E-state index >= 15 is 0 Å². The molecular formula is C26H25IN4OP+. The minimum Gasteiger partial charge on any atom is -0.352 e. The van der Waals surface area contributed by atoms with E-state index in [-0.39, 0.29) is 5.91 Å². The monoisotopic (exact) mass is 563 g/mol. The summed E-state index contributed by atoms with van der Waals surface area (Å²) >= 11 is 2.13. The molecule has 1 aromatic carbocycles. The average molecular weight is 563 g/mol. The number of carbonyl (C=O) groups is 1. The second-order valence-corrected chi connectivity index (χ2v) is 12.3. The van der Waals surface area contributed by atoms with Gasteiger partial charge in [-0.3, -0.25) is 14.8 Å². The summed E-state index contributed by atoms with van der Waals surface area (Å²) in [6.45, 7) is 0.625. The van der Waals surface area contributed by atoms with Crippen LogP contribution in [0.4, 0.5) is 0 Å². The van der Waals surface area contributed by atoms with Gasteiger partial charge in [-0.25, -0.2) is 4.98 Å². The number of amides is 1. The number of carbonyl (C=O) groups excluding carboxylic acids is 1. The molecule has 0 atom stereocenters. The zero-order chi connectivity index (χ0) is 22.9. The summed E-state index contributed by atoms with van der Waals surface area (Å²) in [4.78, 5) is 25.5. The fraction of sp³-hybridized carbons (Fsp3) is 0.154. The van der Waals surface area contributed by atoms with Crippen LogP contribution in [-0.2, 0) is 0 Å². The lowest BCUT2D eigenvalue weighted by Gasteiger charge is -2.27. The molecule has 4 aromatic rings. The summed E-state index contributed by atoms with van der Waals surface area (Å²) in [7, 11) is -1.93. The Morgan fingerprint density at radius 2 is 1.45 bits per heavy atom. The van der Waals surface area contributed by atoms with Crippen LogP contribution in [0.2, 0.25) is 0 Å². The van der Waals surface area contributed by atoms with Crippen molar-refractivity contribution in [2.45, 2.75) is 12.8 Å². The van der Waals surface area contributed by atoms with E-state index in [0.717, 1.165) is 22.7 Å². The Bertz CT molecular complexity index is 1060. The number of hydrogen-bond acceptors (Lipinski definition) is 4. The summed E-state index contributed by atoms with van der Waals surface area (Å²) in [5, 5.41) is 6.85. The predicted octanol–water partition coefficient (Wildman–Crippen LogP) is 3.98. The summed E-state index contributed by atoms with van der Waals surface area (Å²) in [5.74, 6) is -0.0810. The Morgan fingerprint density at radius 1 is 0.788 bits per heavy atom. The molecule has 0 spiro atoms. The molecule has 0 fully saturated rings. The molecule has 0 aliphatic carbocycles. The fourth-order valence-corrected chi connectivity index (χ4v) is 8.54. The van der Waals surface area contributed by atoms with Crippen LogP contribution in [0, 0.1) is 3.70 Å². The molecule has 33 heavy (non-hydrogen) atoms. The van der Waals surface area contributed by atoms with Crippen molar-refractivity contribution < 1.29 is 4.79 Å². The summed E-state index contributed by atoms with van der Waals surface area (Å²) in [6, 6.07) is 22.8. The molecular weight excluding hydrogens is 538 g/mol. The third-order valence-electron chi connectivity index (χ3n) is 5.57. The van der Waals surface area contributed by atoms with Crippen molar-refractivity contribution in [3.63, 3.8) is 0 Å². The Kier molecular flexibility index (Phi) is 8.13. The third kappa shape index (κ3) is 5.63. The van der Waals surface area contributed by atoms with Gasteiger partial charge in [-0.05, 0) is 84.0 Å². The summed E-state index contributed by atoms with van der Waals surface area (Å²) < 4.78 is 0.871. The van der Waals surface area contributed by atoms with Gasteiger partial charge in [0.1, 0.15) is 26.9 Å². The normalized spacial score (nSPS) is 11.2. The maximum atomic E-state index is 12.4. The average Bonchev–Trinajstić information content (AvgIpc) is 2.88. The van der Waals surface area contributed by atoms with Crippen LogP contribution in [-0.4, -0.2) is 33.6 Å². The van der Waals surface area contributed by atoms with E-state index in [2.05, 4.69) is 85.3 Å². The van der Waals surface area contributed by atoms with Crippen molar-refractivity contribution in [3.8, 4) is 0 Å². The quantitative estimate of drug-likeness (QED) is 0.145. The Labute approximate surface area is 208 Å². The highest BCUT2D eigenvalue weighted by Gasteiger charge is 2.45. The number of aromatic nitrogens is 3. The standard InChI is InChI=1S/C26H24IN4OP/c27-25-13-12-21(18-31-25)26(32)30-16-4-5-17-33(22-8-2-1-3-9-22,23-10-6-14-28-19-23)24-11-7-15-29-20-24/h1-3,6-15,18-20H,4-5,16-17H2/p+1/i27-4. The van der Waals surface area contributed by atoms with Gasteiger partial charge < -0.3 is 5.32 Å². The van der Waals surface area contributed by atoms with Crippen LogP contribution in [0.3, 0.4) is 0 Å². The summed E-state index contributed by atoms with van der Waals surface area (Å²) in [6.07, 6.45) is 12.1. The maximum absolute atomic E-state index is 12.4. The lowest BCUT2D eigenvalue weighted by Crippen LogP contribution is -2.34. The minimum atomic E-state index is -1.93. The number of pyridine rings is 3. The molecule has 3 aromatic heterocycles. The largest absolute Gasteiger partial charge is 0.352 e. The molecule has 1 amide bonds. The molecule has 0 unspecified atom stereocenters. The van der Waals surface area contributed by atoms with Crippen LogP contribution >= 0.6 is 29.9 Å². The number of nitrogens with one attached hydrogen (secondary N) is 1. The molecule has 3 heterocycles. The van der Waals surface area contributed by atoms with Crippen molar-refractivity contribution in [2.24, 2.45) is 0 Å². The fourth-order valence-electron chi connectivity index (χ4n) is 3.96. The van der Waals surface area contributed by atoms with E-state index in [9.17, 15) is 4.79 Å². The number of nitrogens with zero attached hydrogens (tertiary/aromatic N) is 3. The van der Waals surface area contributed by atoms with Crippen LogP contribution in [0.5, 0.6) is 0 Å². The highest BCUT2D eigenvalue weighted by atomic mass is 123. The number of benzene rings is 1. The first-order chi connectivity index (χ1) is 16.2. The first-order valence-electron chi connectivity index (χ1n) is 10.8. The Hall–Kier alpha value is -2.70. The van der Waals surface area contributed by atoms with Crippen molar-refractivity contribution in [1.29, 1.82) is 0 Å². The molecule has 0 saturated heterocycles. The zero-order valence-electron chi connectivity index (χ0n) is 18.1. The van der Waals surface area contributed by atoms with Gasteiger partial charge in [0.15, 0.2) is 0 Å². The maximum Gasteiger partial charge on any atom is 0.252 e. The Balaban J connectivity index is 1.53. The lowest BCUT2D eigenvalue weighted by atomic mass is 10.2. The van der Waals surface area contributed by atoms with Crippen molar-refractivity contribution in [2.75, 3.05) is 12.7 Å². The SMILES string of the molecule is O=C(NCCCC[P+](c1ccccc1)(c1cccnc1)c1cccnc1)c1ccc([123I])nc1. The topological polar surface area (TPSA) is 67.8 Å². The van der Waals surface area contributed by atoms with Crippen LogP contribution in [0.25, 0.3) is 0 Å². The number of unbranched alkanes of at least 4 members (excludes halogenated alkanes) is 1. The third-order valence-corrected chi connectivity index (χ3v) is 10.7. The van der Waals surface area contributed by atoms with Gasteiger partial charge in [0, 0.05) is 25.1 Å². The zero-order valence-corrected chi connectivity index (χ0v) is 21.2. The van der Waals surface area contributed by atoms with Gasteiger partial charge in [0.05, 0.1) is 24.1 Å². The molecule has 7 heteroatoms. The van der Waals surface area contributed by atoms with Crippen molar-refractivity contribution >= 4 is 51.7 Å². The minimum absolute atomic E-state index is 0.0810. The molecule has 1 N–H and O–H groups in total. The van der Waals surface area contributed by atoms with E-state index in [1.165, 1.54) is 15.9 Å². The van der Waals surface area contributed by atoms with E-state index in [1.807, 2.05) is 43.0 Å². The lowest BCUT2D eigenvalue weighted by molar-refractivity contribution is 0.0953. The number of hydrogen-bond donors (Lipinski definition) is 1. The first kappa shape index (κ1) is 23.5. The summed E-state index contributed by atoms with van der Waals surface area (Å²) in [5.41, 5.74) is 0.590. The number of rotatable bonds is 9. The molecule has 0 aliphatic rings. The van der Waals surface area contributed by atoms with E-state index in [4.69, 9.17) is 0 Å². The van der Waals surface area contributed by atoms with E-state index in [0.29, 0.717) is 12.1 Å². The van der Waals surface area contributed by atoms with Crippen LogP contribution in [0.15, 0.2) is 97.7 Å². The van der Waals surface area contributed by atoms with E-state index < -0.39 is 7.26 Å². The molecule has 0 radical (unpaired) electrons. The predicted molar refractivity (Wildman–Crippen MR) is 144 cm³/mol. The highest BCUT2D eigenvalue weighted by Crippen LogP contribution is 2.55. The van der Waals surface area contributed by atoms with Gasteiger partial charge in [0.25, 0.3) is 5.91 Å². The van der Waals surface area contributed by atoms with Gasteiger partial charge in [-0.1, -0.05) is 18.2 Å². The molecule has 166 valence electrons. The molecule has 0 bridgehead atoms. The van der Waals surface area contributed by atoms with Gasteiger partial charge in [-0.2, -0.15) is 0 Å². The molecule has 4 rings (SSSR count). The second kappa shape index (κ2) is 11.4. The Morgan fingerprint density at radius 3 is 2.03 bits per heavy atom. The second-order valence-electron chi connectivity index (χ2n) is 7.62. The van der Waals surface area contributed by atoms with Crippen LogP contribution in [0.1, 0.15) is 23.2 Å². The molecule has 5 nitrogen and oxygen atoms in total. The molecule has 0 saturated carbocycles. The smallest absolute Gasteiger partial charge is 0.252 e. The molecule has 0 aliphatic heterocycles. The van der Waals surface area contributed by atoms with Crippen molar-refractivity contribution in [3.05, 3.63) is 107 Å². The first-order valence-corrected chi connectivity index (χ1v) is 13.9. The van der Waals surface area contributed by atoms with Crippen LogP contribution < -0.4 is 21.2 Å². The van der Waals surface area contributed by atoms with E-state index in [1.54, 1.807) is 12.3 Å².